The van der Waals surface area contributed by atoms with Crippen molar-refractivity contribution in [1.82, 2.24) is 9.97 Å². The molecule has 1 aromatic heterocycles. The summed E-state index contributed by atoms with van der Waals surface area (Å²) in [5.74, 6) is 1.23. The van der Waals surface area contributed by atoms with Crippen molar-refractivity contribution in [3.8, 4) is 0 Å². The Hall–Kier alpha value is -2.63. The van der Waals surface area contributed by atoms with Crippen molar-refractivity contribution in [3.63, 3.8) is 0 Å². The van der Waals surface area contributed by atoms with Gasteiger partial charge in [0.05, 0.1) is 0 Å². The summed E-state index contributed by atoms with van der Waals surface area (Å²) in [5.41, 5.74) is 1.60. The maximum atomic E-state index is 11.1. The van der Waals surface area contributed by atoms with Crippen molar-refractivity contribution in [2.24, 2.45) is 0 Å². The Morgan fingerprint density at radius 2 is 2.00 bits per heavy atom. The lowest BCUT2D eigenvalue weighted by Gasteiger charge is -2.09. The number of aromatic nitrogens is 2. The normalized spacial score (nSPS) is 10.2. The van der Waals surface area contributed by atoms with Crippen LogP contribution in [0.4, 0.5) is 23.1 Å². The molecule has 0 saturated heterocycles. The van der Waals surface area contributed by atoms with Crippen LogP contribution in [0.2, 0.25) is 0 Å². The highest BCUT2D eigenvalue weighted by atomic mass is 16.1. The smallest absolute Gasteiger partial charge is 0.224 e. The van der Waals surface area contributed by atoms with Crippen molar-refractivity contribution in [1.29, 1.82) is 0 Å². The molecule has 1 amide bonds. The van der Waals surface area contributed by atoms with Gasteiger partial charge in [-0.3, -0.25) is 4.79 Å². The third-order valence-corrected chi connectivity index (χ3v) is 3.17. The number of amides is 1. The van der Waals surface area contributed by atoms with Gasteiger partial charge < -0.3 is 16.0 Å². The molecule has 0 radical (unpaired) electrons. The van der Waals surface area contributed by atoms with E-state index in [2.05, 4.69) is 32.8 Å². The van der Waals surface area contributed by atoms with E-state index in [0.717, 1.165) is 24.3 Å². The van der Waals surface area contributed by atoms with E-state index in [0.29, 0.717) is 11.8 Å². The summed E-state index contributed by atoms with van der Waals surface area (Å²) in [6.07, 6.45) is 5.21. The first-order valence-corrected chi connectivity index (χ1v) is 7.89. The van der Waals surface area contributed by atoms with Crippen molar-refractivity contribution >= 4 is 29.0 Å². The molecule has 2 aromatic rings. The van der Waals surface area contributed by atoms with Gasteiger partial charge in [-0.05, 0) is 30.7 Å². The summed E-state index contributed by atoms with van der Waals surface area (Å²) in [4.78, 5) is 19.8. The molecule has 6 heteroatoms. The van der Waals surface area contributed by atoms with Crippen LogP contribution >= 0.6 is 0 Å². The van der Waals surface area contributed by atoms with Gasteiger partial charge in [0.1, 0.15) is 5.82 Å². The molecule has 0 atom stereocenters. The van der Waals surface area contributed by atoms with Gasteiger partial charge in [-0.25, -0.2) is 4.98 Å². The molecule has 0 aliphatic rings. The lowest BCUT2D eigenvalue weighted by Crippen LogP contribution is -2.07. The van der Waals surface area contributed by atoms with Gasteiger partial charge in [0.2, 0.25) is 11.9 Å². The number of hydrogen-bond acceptors (Lipinski definition) is 5. The average Bonchev–Trinajstić information content (AvgIpc) is 2.52. The summed E-state index contributed by atoms with van der Waals surface area (Å²) >= 11 is 0. The van der Waals surface area contributed by atoms with Crippen LogP contribution in [0.25, 0.3) is 0 Å². The fourth-order valence-corrected chi connectivity index (χ4v) is 2.11. The Morgan fingerprint density at radius 3 is 2.78 bits per heavy atom. The summed E-state index contributed by atoms with van der Waals surface area (Å²) in [5, 5.41) is 9.20. The summed E-state index contributed by atoms with van der Waals surface area (Å²) < 4.78 is 0. The molecule has 0 aliphatic carbocycles. The number of carbonyl (C=O) groups is 1. The third-order valence-electron chi connectivity index (χ3n) is 3.17. The topological polar surface area (TPSA) is 78.9 Å². The number of unbranched alkanes of at least 4 members (excludes halogenated alkanes) is 2. The van der Waals surface area contributed by atoms with Gasteiger partial charge >= 0.3 is 0 Å². The number of rotatable bonds is 8. The van der Waals surface area contributed by atoms with Crippen LogP contribution < -0.4 is 16.0 Å². The predicted octanol–water partition coefficient (Wildman–Crippen LogP) is 3.78. The molecule has 0 saturated carbocycles. The Labute approximate surface area is 136 Å². The van der Waals surface area contributed by atoms with E-state index >= 15 is 0 Å². The molecule has 1 heterocycles. The molecule has 0 fully saturated rings. The first kappa shape index (κ1) is 16.7. The molecule has 122 valence electrons. The van der Waals surface area contributed by atoms with Crippen LogP contribution in [-0.4, -0.2) is 22.4 Å². The molecule has 1 aromatic carbocycles. The van der Waals surface area contributed by atoms with E-state index in [4.69, 9.17) is 0 Å². The van der Waals surface area contributed by atoms with Crippen molar-refractivity contribution < 1.29 is 4.79 Å². The summed E-state index contributed by atoms with van der Waals surface area (Å²) in [7, 11) is 0. The zero-order chi connectivity index (χ0) is 16.5. The molecule has 2 rings (SSSR count). The third kappa shape index (κ3) is 5.94. The van der Waals surface area contributed by atoms with Gasteiger partial charge in [0.25, 0.3) is 0 Å². The van der Waals surface area contributed by atoms with Crippen LogP contribution in [0.1, 0.15) is 33.1 Å². The fraction of sp³-hybridized carbons (Fsp3) is 0.353. The first-order chi connectivity index (χ1) is 11.2. The molecule has 6 nitrogen and oxygen atoms in total. The number of hydrogen-bond donors (Lipinski definition) is 3. The second-order valence-corrected chi connectivity index (χ2v) is 5.29. The van der Waals surface area contributed by atoms with Crippen molar-refractivity contribution in [2.45, 2.75) is 33.1 Å². The van der Waals surface area contributed by atoms with E-state index in [9.17, 15) is 4.79 Å². The molecule has 0 bridgehead atoms. The minimum atomic E-state index is -0.0947. The highest BCUT2D eigenvalue weighted by Crippen LogP contribution is 2.19. The van der Waals surface area contributed by atoms with Crippen LogP contribution in [-0.2, 0) is 4.79 Å². The van der Waals surface area contributed by atoms with Gasteiger partial charge in [0, 0.05) is 31.0 Å². The van der Waals surface area contributed by atoms with E-state index in [1.54, 1.807) is 6.20 Å². The SMILES string of the molecule is CCCCCNc1nccc(Nc2cccc(NC(C)=O)c2)n1. The first-order valence-electron chi connectivity index (χ1n) is 7.89. The van der Waals surface area contributed by atoms with Crippen LogP contribution in [0.3, 0.4) is 0 Å². The Kier molecular flexibility index (Phi) is 6.35. The van der Waals surface area contributed by atoms with E-state index in [1.165, 1.54) is 19.8 Å². The zero-order valence-corrected chi connectivity index (χ0v) is 13.6. The van der Waals surface area contributed by atoms with Crippen LogP contribution in [0, 0.1) is 0 Å². The maximum absolute atomic E-state index is 11.1. The molecule has 3 N–H and O–H groups in total. The fourth-order valence-electron chi connectivity index (χ4n) is 2.11. The van der Waals surface area contributed by atoms with E-state index < -0.39 is 0 Å². The van der Waals surface area contributed by atoms with E-state index in [-0.39, 0.29) is 5.91 Å². The molecular formula is C17H23N5O. The minimum absolute atomic E-state index is 0.0947. The van der Waals surface area contributed by atoms with Crippen LogP contribution in [0.15, 0.2) is 36.5 Å². The minimum Gasteiger partial charge on any atom is -0.354 e. The molecule has 0 unspecified atom stereocenters. The number of nitrogens with one attached hydrogen (secondary N) is 3. The van der Waals surface area contributed by atoms with Crippen molar-refractivity contribution in [3.05, 3.63) is 36.5 Å². The van der Waals surface area contributed by atoms with Gasteiger partial charge in [0.15, 0.2) is 0 Å². The Morgan fingerprint density at radius 1 is 1.17 bits per heavy atom. The Balaban J connectivity index is 1.98. The molecule has 0 aliphatic heterocycles. The molecular weight excluding hydrogens is 290 g/mol. The van der Waals surface area contributed by atoms with Gasteiger partial charge in [-0.1, -0.05) is 25.8 Å². The van der Waals surface area contributed by atoms with E-state index in [1.807, 2.05) is 30.3 Å². The molecule has 0 spiro atoms. The highest BCUT2D eigenvalue weighted by Gasteiger charge is 2.01. The number of carbonyl (C=O) groups excluding carboxylic acids is 1. The second-order valence-electron chi connectivity index (χ2n) is 5.29. The summed E-state index contributed by atoms with van der Waals surface area (Å²) in [6.45, 7) is 4.53. The van der Waals surface area contributed by atoms with Crippen LogP contribution in [0.5, 0.6) is 0 Å². The maximum Gasteiger partial charge on any atom is 0.224 e. The standard InChI is InChI=1S/C17H23N5O/c1-3-4-5-10-18-17-19-11-9-16(22-17)21-15-8-6-7-14(12-15)20-13(2)23/h6-9,11-12H,3-5,10H2,1-2H3,(H,20,23)(H2,18,19,21,22). The average molecular weight is 313 g/mol. The number of anilines is 4. The van der Waals surface area contributed by atoms with Gasteiger partial charge in [-0.15, -0.1) is 0 Å². The molecule has 23 heavy (non-hydrogen) atoms. The zero-order valence-electron chi connectivity index (χ0n) is 13.6. The summed E-state index contributed by atoms with van der Waals surface area (Å²) in [6, 6.07) is 9.30. The largest absolute Gasteiger partial charge is 0.354 e. The number of benzene rings is 1. The quantitative estimate of drug-likeness (QED) is 0.646. The second kappa shape index (κ2) is 8.73. The lowest BCUT2D eigenvalue weighted by atomic mass is 10.2. The predicted molar refractivity (Wildman–Crippen MR) is 94.1 cm³/mol. The Bertz CT molecular complexity index is 644. The lowest BCUT2D eigenvalue weighted by molar-refractivity contribution is -0.114. The number of nitrogens with zero attached hydrogens (tertiary/aromatic N) is 2. The highest BCUT2D eigenvalue weighted by molar-refractivity contribution is 5.89. The van der Waals surface area contributed by atoms with Gasteiger partial charge in [-0.2, -0.15) is 4.98 Å². The monoisotopic (exact) mass is 313 g/mol. The van der Waals surface area contributed by atoms with Crippen molar-refractivity contribution in [2.75, 3.05) is 22.5 Å².